The molecule has 2 aliphatic carbocycles. The first kappa shape index (κ1) is 31.0. The second kappa shape index (κ2) is 11.8. The number of benzene rings is 8. The fourth-order valence-electron chi connectivity index (χ4n) is 9.67. The van der Waals surface area contributed by atoms with Gasteiger partial charge in [-0.25, -0.2) is 9.97 Å². The third-order valence-electron chi connectivity index (χ3n) is 11.9. The molecule has 0 atom stereocenters. The van der Waals surface area contributed by atoms with Gasteiger partial charge in [0.2, 0.25) is 0 Å². The lowest BCUT2D eigenvalue weighted by molar-refractivity contribution is 0.670. The van der Waals surface area contributed by atoms with Crippen LogP contribution in [0.15, 0.2) is 199 Å². The molecular formula is C53H32N2O. The summed E-state index contributed by atoms with van der Waals surface area (Å²) in [5, 5.41) is 2.10. The zero-order valence-electron chi connectivity index (χ0n) is 30.3. The second-order valence-corrected chi connectivity index (χ2v) is 14.8. The van der Waals surface area contributed by atoms with E-state index in [1.54, 1.807) is 0 Å². The van der Waals surface area contributed by atoms with E-state index in [-0.39, 0.29) is 0 Å². The van der Waals surface area contributed by atoms with Gasteiger partial charge in [0, 0.05) is 27.5 Å². The summed E-state index contributed by atoms with van der Waals surface area (Å²) >= 11 is 0. The maximum Gasteiger partial charge on any atom is 0.164 e. The molecule has 2 heterocycles. The molecule has 0 radical (unpaired) electrons. The molecule has 0 saturated heterocycles. The lowest BCUT2D eigenvalue weighted by Gasteiger charge is -2.32. The number of nitrogens with zero attached hydrogens (tertiary/aromatic N) is 2. The van der Waals surface area contributed by atoms with E-state index in [0.717, 1.165) is 55.6 Å². The van der Waals surface area contributed by atoms with Crippen LogP contribution < -0.4 is 0 Å². The molecule has 8 aromatic carbocycles. The number of fused-ring (bicyclic) bond motifs is 13. The van der Waals surface area contributed by atoms with Crippen LogP contribution in [0.4, 0.5) is 0 Å². The lowest BCUT2D eigenvalue weighted by atomic mass is 9.68. The first-order valence-corrected chi connectivity index (χ1v) is 19.2. The van der Waals surface area contributed by atoms with E-state index in [1.807, 2.05) is 36.4 Å². The molecule has 0 unspecified atom stereocenters. The highest BCUT2D eigenvalue weighted by molar-refractivity contribution is 6.13. The van der Waals surface area contributed by atoms with Crippen LogP contribution in [0, 0.1) is 0 Å². The summed E-state index contributed by atoms with van der Waals surface area (Å²) in [6, 6.07) is 69.3. The minimum absolute atomic E-state index is 0.478. The fraction of sp³-hybridized carbons (Fsp3) is 0.0189. The van der Waals surface area contributed by atoms with E-state index in [1.165, 1.54) is 50.1 Å². The standard InChI is InChI=1S/C53H32N2O/c1-3-16-33(17-4-1)47-32-48(34-18-5-2-6-19-34)55-52(54-47)43-28-15-27-42-41-26-14-25-40(50(41)56-51(42)43)39-24-13-23-38-37-22-9-12-31-46(37)53(49(38)39)44-29-10-7-20-35(44)36-21-8-11-30-45(36)53/h1-32H. The van der Waals surface area contributed by atoms with Crippen LogP contribution >= 0.6 is 0 Å². The van der Waals surface area contributed by atoms with Gasteiger partial charge in [0.05, 0.1) is 22.4 Å². The Balaban J connectivity index is 1.12. The van der Waals surface area contributed by atoms with Crippen molar-refractivity contribution >= 4 is 21.9 Å². The van der Waals surface area contributed by atoms with Gasteiger partial charge in [-0.3, -0.25) is 0 Å². The molecule has 3 nitrogen and oxygen atoms in total. The van der Waals surface area contributed by atoms with Gasteiger partial charge in [-0.1, -0.05) is 182 Å². The Morgan fingerprint density at radius 1 is 0.339 bits per heavy atom. The van der Waals surface area contributed by atoms with Crippen molar-refractivity contribution in [3.8, 4) is 67.3 Å². The highest BCUT2D eigenvalue weighted by Gasteiger charge is 2.52. The molecule has 2 aromatic heterocycles. The van der Waals surface area contributed by atoms with Crippen LogP contribution in [0.25, 0.3) is 89.2 Å². The lowest BCUT2D eigenvalue weighted by Crippen LogP contribution is -2.26. The number of furan rings is 1. The molecule has 12 rings (SSSR count). The number of rotatable bonds is 4. The van der Waals surface area contributed by atoms with Crippen molar-refractivity contribution < 1.29 is 4.42 Å². The van der Waals surface area contributed by atoms with Crippen LogP contribution in [0.2, 0.25) is 0 Å². The Hall–Kier alpha value is -7.36. The quantitative estimate of drug-likeness (QED) is 0.182. The van der Waals surface area contributed by atoms with E-state index >= 15 is 0 Å². The molecule has 0 fully saturated rings. The van der Waals surface area contributed by atoms with E-state index in [0.29, 0.717) is 5.82 Å². The van der Waals surface area contributed by atoms with Crippen molar-refractivity contribution in [2.75, 3.05) is 0 Å². The summed E-state index contributed by atoms with van der Waals surface area (Å²) in [7, 11) is 0. The molecule has 3 heteroatoms. The SMILES string of the molecule is c1ccc(-c2cc(-c3ccccc3)nc(-c3cccc4c3oc3c(-c5cccc6c5C5(c7ccccc7-c7ccccc75)c5ccccc5-6)cccc34)n2)cc1. The Morgan fingerprint density at radius 3 is 1.29 bits per heavy atom. The third-order valence-corrected chi connectivity index (χ3v) is 11.9. The van der Waals surface area contributed by atoms with Crippen molar-refractivity contribution in [3.05, 3.63) is 216 Å². The van der Waals surface area contributed by atoms with Crippen molar-refractivity contribution in [1.29, 1.82) is 0 Å². The summed E-state index contributed by atoms with van der Waals surface area (Å²) in [5.41, 5.74) is 18.5. The molecule has 56 heavy (non-hydrogen) atoms. The van der Waals surface area contributed by atoms with E-state index in [9.17, 15) is 0 Å². The number of hydrogen-bond acceptors (Lipinski definition) is 3. The van der Waals surface area contributed by atoms with Gasteiger partial charge in [-0.15, -0.1) is 0 Å². The molecule has 0 amide bonds. The molecule has 1 spiro atoms. The van der Waals surface area contributed by atoms with Gasteiger partial charge in [0.1, 0.15) is 11.2 Å². The third kappa shape index (κ3) is 4.22. The van der Waals surface area contributed by atoms with Crippen molar-refractivity contribution in [3.63, 3.8) is 0 Å². The Labute approximate surface area is 324 Å². The largest absolute Gasteiger partial charge is 0.455 e. The van der Waals surface area contributed by atoms with Gasteiger partial charge < -0.3 is 4.42 Å². The second-order valence-electron chi connectivity index (χ2n) is 14.8. The molecule has 260 valence electrons. The van der Waals surface area contributed by atoms with E-state index in [2.05, 4.69) is 158 Å². The van der Waals surface area contributed by atoms with Crippen LogP contribution in [-0.4, -0.2) is 9.97 Å². The van der Waals surface area contributed by atoms with E-state index < -0.39 is 5.41 Å². The zero-order valence-corrected chi connectivity index (χ0v) is 30.3. The van der Waals surface area contributed by atoms with Gasteiger partial charge in [-0.05, 0) is 62.2 Å². The van der Waals surface area contributed by atoms with Crippen molar-refractivity contribution in [1.82, 2.24) is 9.97 Å². The first-order valence-electron chi connectivity index (χ1n) is 19.2. The average Bonchev–Trinajstić information content (AvgIpc) is 3.91. The Kier molecular flexibility index (Phi) is 6.55. The molecule has 10 aromatic rings. The van der Waals surface area contributed by atoms with Crippen LogP contribution in [-0.2, 0) is 5.41 Å². The highest BCUT2D eigenvalue weighted by atomic mass is 16.3. The summed E-state index contributed by atoms with van der Waals surface area (Å²) < 4.78 is 7.16. The summed E-state index contributed by atoms with van der Waals surface area (Å²) in [6.07, 6.45) is 0. The molecule has 0 aliphatic heterocycles. The Morgan fingerprint density at radius 2 is 0.732 bits per heavy atom. The maximum absolute atomic E-state index is 7.16. The number of hydrogen-bond donors (Lipinski definition) is 0. The van der Waals surface area contributed by atoms with Gasteiger partial charge in [-0.2, -0.15) is 0 Å². The summed E-state index contributed by atoms with van der Waals surface area (Å²) in [6.45, 7) is 0. The fourth-order valence-corrected chi connectivity index (χ4v) is 9.67. The molecule has 0 bridgehead atoms. The first-order chi connectivity index (χ1) is 27.8. The van der Waals surface area contributed by atoms with E-state index in [4.69, 9.17) is 14.4 Å². The normalized spacial score (nSPS) is 13.1. The minimum atomic E-state index is -0.478. The Bertz CT molecular complexity index is 3080. The predicted molar refractivity (Wildman–Crippen MR) is 227 cm³/mol. The van der Waals surface area contributed by atoms with Crippen molar-refractivity contribution in [2.45, 2.75) is 5.41 Å². The summed E-state index contributed by atoms with van der Waals surface area (Å²) in [5.74, 6) is 0.630. The van der Waals surface area contributed by atoms with Gasteiger partial charge >= 0.3 is 0 Å². The smallest absolute Gasteiger partial charge is 0.164 e. The number of aromatic nitrogens is 2. The predicted octanol–water partition coefficient (Wildman–Crippen LogP) is 13.4. The van der Waals surface area contributed by atoms with Crippen molar-refractivity contribution in [2.24, 2.45) is 0 Å². The van der Waals surface area contributed by atoms with Crippen LogP contribution in [0.3, 0.4) is 0 Å². The molecule has 0 saturated carbocycles. The highest BCUT2D eigenvalue weighted by Crippen LogP contribution is 2.64. The zero-order chi connectivity index (χ0) is 36.8. The molecule has 0 N–H and O–H groups in total. The minimum Gasteiger partial charge on any atom is -0.455 e. The van der Waals surface area contributed by atoms with Gasteiger partial charge in [0.25, 0.3) is 0 Å². The summed E-state index contributed by atoms with van der Waals surface area (Å²) in [4.78, 5) is 10.4. The maximum atomic E-state index is 7.16. The monoisotopic (exact) mass is 712 g/mol. The topological polar surface area (TPSA) is 38.9 Å². The number of para-hydroxylation sites is 2. The van der Waals surface area contributed by atoms with Crippen LogP contribution in [0.1, 0.15) is 22.3 Å². The molecule has 2 aliphatic rings. The van der Waals surface area contributed by atoms with Gasteiger partial charge in [0.15, 0.2) is 5.82 Å². The average molecular weight is 713 g/mol. The molecular weight excluding hydrogens is 681 g/mol. The van der Waals surface area contributed by atoms with Crippen LogP contribution in [0.5, 0.6) is 0 Å².